The Balaban J connectivity index is 1.92. The molecule has 1 N–H and O–H groups in total. The summed E-state index contributed by atoms with van der Waals surface area (Å²) in [6.45, 7) is 2.09. The van der Waals surface area contributed by atoms with Crippen LogP contribution >= 0.6 is 22.9 Å². The Hall–Kier alpha value is -0.630. The lowest BCUT2D eigenvalue weighted by Crippen LogP contribution is -2.51. The van der Waals surface area contributed by atoms with E-state index in [0.717, 1.165) is 37.0 Å². The van der Waals surface area contributed by atoms with Gasteiger partial charge >= 0.3 is 5.97 Å². The number of nitrogens with one attached hydrogen (secondary N) is 1. The van der Waals surface area contributed by atoms with Gasteiger partial charge in [0.2, 0.25) is 10.0 Å². The van der Waals surface area contributed by atoms with E-state index in [1.54, 1.807) is 13.0 Å². The molecule has 3 rings (SSSR count). The van der Waals surface area contributed by atoms with E-state index in [1.165, 1.54) is 6.07 Å². The van der Waals surface area contributed by atoms with Gasteiger partial charge in [-0.25, -0.2) is 13.1 Å². The summed E-state index contributed by atoms with van der Waals surface area (Å²) < 4.78 is 34.3. The van der Waals surface area contributed by atoms with E-state index in [2.05, 4.69) is 4.72 Å². The van der Waals surface area contributed by atoms with E-state index in [9.17, 15) is 13.2 Å². The number of thiophene rings is 1. The van der Waals surface area contributed by atoms with Crippen molar-refractivity contribution in [2.45, 2.75) is 55.7 Å². The van der Waals surface area contributed by atoms with Gasteiger partial charge in [0, 0.05) is 6.04 Å². The van der Waals surface area contributed by atoms with Crippen LogP contribution in [0.4, 0.5) is 0 Å². The van der Waals surface area contributed by atoms with E-state index >= 15 is 0 Å². The molecular formula is C16H22ClNO4S2. The third-order valence-electron chi connectivity index (χ3n) is 5.25. The number of carbonyl (C=O) groups is 1. The van der Waals surface area contributed by atoms with Gasteiger partial charge in [-0.1, -0.05) is 24.4 Å². The first-order chi connectivity index (χ1) is 11.4. The maximum Gasteiger partial charge on any atom is 0.313 e. The monoisotopic (exact) mass is 391 g/mol. The number of sulfonamides is 1. The molecule has 0 aliphatic heterocycles. The van der Waals surface area contributed by atoms with Gasteiger partial charge < -0.3 is 4.74 Å². The van der Waals surface area contributed by atoms with E-state index in [4.69, 9.17) is 16.3 Å². The van der Waals surface area contributed by atoms with Gasteiger partial charge in [0.25, 0.3) is 0 Å². The molecule has 2 saturated carbocycles. The molecule has 3 atom stereocenters. The Morgan fingerprint density at radius 2 is 2.17 bits per heavy atom. The van der Waals surface area contributed by atoms with Crippen molar-refractivity contribution in [2.24, 2.45) is 11.3 Å². The second kappa shape index (κ2) is 6.94. The molecule has 0 amide bonds. The van der Waals surface area contributed by atoms with E-state index in [1.807, 2.05) is 0 Å². The molecule has 0 saturated heterocycles. The standard InChI is InChI=1S/C16H22ClNO4S2/c1-2-22-15(19)16-9-4-3-5-11(8-10-16)14(16)18-24(20,21)13-7-6-12(17)23-13/h6-7,11,14,18H,2-5,8-10H2,1H3. The van der Waals surface area contributed by atoms with Crippen molar-refractivity contribution in [2.75, 3.05) is 6.61 Å². The first kappa shape index (κ1) is 18.2. The lowest BCUT2D eigenvalue weighted by Gasteiger charge is -2.33. The summed E-state index contributed by atoms with van der Waals surface area (Å²) in [5.41, 5.74) is -0.731. The summed E-state index contributed by atoms with van der Waals surface area (Å²) in [6.07, 6.45) is 5.12. The van der Waals surface area contributed by atoms with Gasteiger partial charge in [0.15, 0.2) is 0 Å². The van der Waals surface area contributed by atoms with Crippen LogP contribution in [0.2, 0.25) is 4.34 Å². The van der Waals surface area contributed by atoms with E-state index in [-0.39, 0.29) is 16.1 Å². The van der Waals surface area contributed by atoms with Crippen molar-refractivity contribution >= 4 is 38.9 Å². The quantitative estimate of drug-likeness (QED) is 0.778. The molecule has 0 aromatic carbocycles. The highest BCUT2D eigenvalue weighted by molar-refractivity contribution is 7.91. The molecule has 3 unspecified atom stereocenters. The average molecular weight is 392 g/mol. The minimum atomic E-state index is -3.69. The summed E-state index contributed by atoms with van der Waals surface area (Å²) in [7, 11) is -3.69. The SMILES string of the molecule is CCOC(=O)C12CCCCC(CC1)C2NS(=O)(=O)c1ccc(Cl)s1. The number of carbonyl (C=O) groups excluding carboxylic acids is 1. The topological polar surface area (TPSA) is 72.5 Å². The molecule has 1 heterocycles. The van der Waals surface area contributed by atoms with Crippen LogP contribution in [0.25, 0.3) is 0 Å². The number of rotatable bonds is 5. The van der Waals surface area contributed by atoms with Gasteiger partial charge in [-0.3, -0.25) is 4.79 Å². The third kappa shape index (κ3) is 3.23. The molecule has 24 heavy (non-hydrogen) atoms. The lowest BCUT2D eigenvalue weighted by atomic mass is 9.78. The zero-order valence-corrected chi connectivity index (χ0v) is 16.0. The predicted molar refractivity (Wildman–Crippen MR) is 93.7 cm³/mol. The van der Waals surface area contributed by atoms with Gasteiger partial charge in [-0.2, -0.15) is 0 Å². The van der Waals surface area contributed by atoms with Crippen molar-refractivity contribution in [3.05, 3.63) is 16.5 Å². The molecule has 1 aromatic rings. The van der Waals surface area contributed by atoms with Crippen LogP contribution < -0.4 is 4.72 Å². The number of fused-ring (bicyclic) bond motifs is 2. The molecule has 5 nitrogen and oxygen atoms in total. The van der Waals surface area contributed by atoms with Crippen LogP contribution in [-0.2, 0) is 19.6 Å². The largest absolute Gasteiger partial charge is 0.466 e. The zero-order chi connectivity index (χ0) is 17.4. The van der Waals surface area contributed by atoms with Crippen molar-refractivity contribution in [1.29, 1.82) is 0 Å². The Kier molecular flexibility index (Phi) is 5.25. The molecule has 1 aromatic heterocycles. The minimum Gasteiger partial charge on any atom is -0.466 e. The van der Waals surface area contributed by atoms with Crippen molar-refractivity contribution in [3.8, 4) is 0 Å². The summed E-state index contributed by atoms with van der Waals surface area (Å²) in [4.78, 5) is 12.7. The molecular weight excluding hydrogens is 370 g/mol. The molecule has 2 bridgehead atoms. The molecule has 8 heteroatoms. The van der Waals surface area contributed by atoms with Gasteiger partial charge in [0.1, 0.15) is 4.21 Å². The summed E-state index contributed by atoms with van der Waals surface area (Å²) in [5.74, 6) is -0.0755. The maximum absolute atomic E-state index is 12.8. The third-order valence-corrected chi connectivity index (χ3v) is 8.42. The minimum absolute atomic E-state index is 0.183. The summed E-state index contributed by atoms with van der Waals surface area (Å²) in [6, 6.07) is 2.68. The smallest absolute Gasteiger partial charge is 0.313 e. The van der Waals surface area contributed by atoms with Crippen LogP contribution in [0.5, 0.6) is 0 Å². The number of halogens is 1. The molecule has 2 fully saturated rings. The molecule has 134 valence electrons. The van der Waals surface area contributed by atoms with Crippen molar-refractivity contribution < 1.29 is 17.9 Å². The number of esters is 1. The van der Waals surface area contributed by atoms with Crippen LogP contribution in [0.15, 0.2) is 16.3 Å². The predicted octanol–water partition coefficient (Wildman–Crippen LogP) is 3.58. The van der Waals surface area contributed by atoms with Crippen LogP contribution in [0.3, 0.4) is 0 Å². The normalized spacial score (nSPS) is 30.1. The average Bonchev–Trinajstić information content (AvgIpc) is 3.03. The van der Waals surface area contributed by atoms with Crippen LogP contribution in [0.1, 0.15) is 45.4 Å². The van der Waals surface area contributed by atoms with E-state index in [0.29, 0.717) is 23.8 Å². The fourth-order valence-electron chi connectivity index (χ4n) is 4.14. The fraction of sp³-hybridized carbons (Fsp3) is 0.688. The first-order valence-electron chi connectivity index (χ1n) is 8.34. The Bertz CT molecular complexity index is 717. The van der Waals surface area contributed by atoms with Crippen LogP contribution in [-0.4, -0.2) is 27.0 Å². The summed E-state index contributed by atoms with van der Waals surface area (Å²) in [5, 5.41) is 0. The molecule has 2 aliphatic rings. The highest BCUT2D eigenvalue weighted by Crippen LogP contribution is 2.51. The number of hydrogen-bond donors (Lipinski definition) is 1. The van der Waals surface area contributed by atoms with Crippen LogP contribution in [0, 0.1) is 11.3 Å². The highest BCUT2D eigenvalue weighted by atomic mass is 35.5. The van der Waals surface area contributed by atoms with E-state index < -0.39 is 21.5 Å². The first-order valence-corrected chi connectivity index (χ1v) is 11.0. The zero-order valence-electron chi connectivity index (χ0n) is 13.6. The maximum atomic E-state index is 12.8. The number of hydrogen-bond acceptors (Lipinski definition) is 5. The Morgan fingerprint density at radius 1 is 1.38 bits per heavy atom. The van der Waals surface area contributed by atoms with Crippen molar-refractivity contribution in [3.63, 3.8) is 0 Å². The summed E-state index contributed by atoms with van der Waals surface area (Å²) >= 11 is 6.90. The Morgan fingerprint density at radius 3 is 2.83 bits per heavy atom. The van der Waals surface area contributed by atoms with Gasteiger partial charge in [-0.15, -0.1) is 11.3 Å². The fourth-order valence-corrected chi connectivity index (χ4v) is 7.02. The number of ether oxygens (including phenoxy) is 1. The van der Waals surface area contributed by atoms with Crippen molar-refractivity contribution in [1.82, 2.24) is 4.72 Å². The van der Waals surface area contributed by atoms with Gasteiger partial charge in [-0.05, 0) is 50.7 Å². The second-order valence-corrected chi connectivity index (χ2v) is 10.2. The molecule has 0 spiro atoms. The Labute approximate surface area is 151 Å². The second-order valence-electron chi connectivity index (χ2n) is 6.58. The highest BCUT2D eigenvalue weighted by Gasteiger charge is 2.56. The molecule has 0 radical (unpaired) electrons. The molecule has 2 aliphatic carbocycles. The lowest BCUT2D eigenvalue weighted by molar-refractivity contribution is -0.156. The van der Waals surface area contributed by atoms with Gasteiger partial charge in [0.05, 0.1) is 16.4 Å².